The number of carboxylic acids is 1. The number of aromatic amines is 2. The monoisotopic (exact) mass is 337 g/mol. The van der Waals surface area contributed by atoms with Gasteiger partial charge in [-0.1, -0.05) is 42.5 Å². The highest BCUT2D eigenvalue weighted by Gasteiger charge is 2.06. The third-order valence-electron chi connectivity index (χ3n) is 3.55. The first kappa shape index (κ1) is 16.2. The van der Waals surface area contributed by atoms with Crippen LogP contribution in [0.4, 0.5) is 5.95 Å². The van der Waals surface area contributed by atoms with Crippen molar-refractivity contribution in [2.45, 2.75) is 6.54 Å². The Hall–Kier alpha value is -3.68. The number of hydrogen-bond acceptors (Lipinski definition) is 5. The molecule has 0 saturated heterocycles. The number of nitrogens with zero attached hydrogens (tertiary/aromatic N) is 2. The van der Waals surface area contributed by atoms with E-state index in [4.69, 9.17) is 5.11 Å². The SMILES string of the molecule is O=C(O)c1cncnc(NCc2cccc3ccccc23)[nH][nH]c1=O. The second-order valence-electron chi connectivity index (χ2n) is 5.16. The molecule has 0 fully saturated rings. The summed E-state index contributed by atoms with van der Waals surface area (Å²) in [7, 11) is 0. The van der Waals surface area contributed by atoms with E-state index < -0.39 is 17.1 Å². The van der Waals surface area contributed by atoms with E-state index in [1.165, 1.54) is 0 Å². The minimum absolute atomic E-state index is 0.241. The van der Waals surface area contributed by atoms with E-state index in [2.05, 4.69) is 25.5 Å². The van der Waals surface area contributed by atoms with Crippen LogP contribution >= 0.6 is 0 Å². The highest BCUT2D eigenvalue weighted by atomic mass is 16.4. The Bertz CT molecular complexity index is 1020. The average Bonchev–Trinajstić information content (AvgIpc) is 2.71. The van der Waals surface area contributed by atoms with Gasteiger partial charge in [-0.05, 0) is 16.3 Å². The molecule has 0 unspecified atom stereocenters. The standard InChI is InChI=1S/C17H15N5O3/c23-15-14(16(24)25)9-18-10-20-17(22-21-15)19-8-12-6-3-5-11-4-1-2-7-13(11)12/h1-7,9-10H,8H2,(H,21,23)(H,24,25)(H2,18,19,20,22). The molecule has 1 aromatic heterocycles. The van der Waals surface area contributed by atoms with Gasteiger partial charge in [0.25, 0.3) is 5.56 Å². The number of hydrogen-bond donors (Lipinski definition) is 4. The summed E-state index contributed by atoms with van der Waals surface area (Å²) >= 11 is 0. The fourth-order valence-corrected chi connectivity index (χ4v) is 2.34. The quantitative estimate of drug-likeness (QED) is 0.578. The van der Waals surface area contributed by atoms with Crippen molar-refractivity contribution in [2.75, 3.05) is 5.32 Å². The Morgan fingerprint density at radius 1 is 1.12 bits per heavy atom. The zero-order chi connectivity index (χ0) is 17.6. The second kappa shape index (κ2) is 7.26. The number of aromatic carboxylic acids is 1. The highest BCUT2D eigenvalue weighted by Crippen LogP contribution is 2.18. The third kappa shape index (κ3) is 3.81. The van der Waals surface area contributed by atoms with Gasteiger partial charge < -0.3 is 10.4 Å². The van der Waals surface area contributed by atoms with E-state index in [-0.39, 0.29) is 5.95 Å². The van der Waals surface area contributed by atoms with Crippen molar-refractivity contribution in [1.82, 2.24) is 20.2 Å². The molecular weight excluding hydrogens is 322 g/mol. The number of aromatic nitrogens is 4. The molecule has 0 amide bonds. The molecule has 8 nitrogen and oxygen atoms in total. The summed E-state index contributed by atoms with van der Waals surface area (Å²) in [6.45, 7) is 0.454. The predicted molar refractivity (Wildman–Crippen MR) is 92.9 cm³/mol. The zero-order valence-electron chi connectivity index (χ0n) is 13.1. The third-order valence-corrected chi connectivity index (χ3v) is 3.55. The minimum Gasteiger partial charge on any atom is -0.477 e. The van der Waals surface area contributed by atoms with Gasteiger partial charge in [0.05, 0.1) is 0 Å². The van der Waals surface area contributed by atoms with Gasteiger partial charge in [0, 0.05) is 12.7 Å². The summed E-state index contributed by atoms with van der Waals surface area (Å²) in [5, 5.41) is 19.1. The van der Waals surface area contributed by atoms with E-state index in [0.29, 0.717) is 6.54 Å². The Balaban J connectivity index is 1.90. The number of carboxylic acid groups (broad SMARTS) is 1. The first-order chi connectivity index (χ1) is 12.1. The molecule has 4 N–H and O–H groups in total. The Morgan fingerprint density at radius 3 is 2.76 bits per heavy atom. The lowest BCUT2D eigenvalue weighted by Gasteiger charge is -2.07. The molecule has 25 heavy (non-hydrogen) atoms. The van der Waals surface area contributed by atoms with E-state index >= 15 is 0 Å². The lowest BCUT2D eigenvalue weighted by atomic mass is 10.0. The largest absolute Gasteiger partial charge is 0.477 e. The van der Waals surface area contributed by atoms with Gasteiger partial charge in [-0.15, -0.1) is 0 Å². The molecule has 0 radical (unpaired) electrons. The summed E-state index contributed by atoms with van der Waals surface area (Å²) in [5.41, 5.74) is -0.254. The summed E-state index contributed by atoms with van der Waals surface area (Å²) in [5.74, 6) is -1.13. The number of H-pyrrole nitrogens is 2. The van der Waals surface area contributed by atoms with Crippen LogP contribution in [-0.2, 0) is 6.54 Å². The van der Waals surface area contributed by atoms with Crippen molar-refractivity contribution < 1.29 is 9.90 Å². The molecule has 0 aliphatic rings. The van der Waals surface area contributed by atoms with Crippen molar-refractivity contribution in [3.8, 4) is 0 Å². The fourth-order valence-electron chi connectivity index (χ4n) is 2.34. The molecule has 2 aromatic carbocycles. The average molecular weight is 337 g/mol. The summed E-state index contributed by atoms with van der Waals surface area (Å²) in [4.78, 5) is 30.5. The maximum absolute atomic E-state index is 11.8. The van der Waals surface area contributed by atoms with E-state index in [1.807, 2.05) is 42.5 Å². The molecule has 3 rings (SSSR count). The first-order valence-corrected chi connectivity index (χ1v) is 7.45. The van der Waals surface area contributed by atoms with Crippen LogP contribution in [0, 0.1) is 0 Å². The van der Waals surface area contributed by atoms with Crippen molar-refractivity contribution in [3.05, 3.63) is 76.5 Å². The van der Waals surface area contributed by atoms with Crippen LogP contribution in [0.15, 0.2) is 59.8 Å². The van der Waals surface area contributed by atoms with Gasteiger partial charge in [-0.25, -0.2) is 14.8 Å². The summed E-state index contributed by atoms with van der Waals surface area (Å²) < 4.78 is 0. The minimum atomic E-state index is -1.37. The second-order valence-corrected chi connectivity index (χ2v) is 5.16. The van der Waals surface area contributed by atoms with Crippen LogP contribution in [-0.4, -0.2) is 31.2 Å². The molecule has 0 saturated carbocycles. The predicted octanol–water partition coefficient (Wildman–Crippen LogP) is 2.08. The summed E-state index contributed by atoms with van der Waals surface area (Å²) in [6, 6.07) is 14.0. The van der Waals surface area contributed by atoms with Crippen molar-refractivity contribution in [1.29, 1.82) is 0 Å². The highest BCUT2D eigenvalue weighted by molar-refractivity contribution is 5.86. The number of fused-ring (bicyclic) bond motifs is 1. The summed E-state index contributed by atoms with van der Waals surface area (Å²) in [6.07, 6.45) is 2.10. The van der Waals surface area contributed by atoms with Gasteiger partial charge in [0.2, 0.25) is 5.95 Å². The maximum atomic E-state index is 11.8. The molecular formula is C17H15N5O3. The lowest BCUT2D eigenvalue weighted by molar-refractivity contribution is 0.0694. The fraction of sp³-hybridized carbons (Fsp3) is 0.0588. The van der Waals surface area contributed by atoms with Gasteiger partial charge >= 0.3 is 5.97 Å². The lowest BCUT2D eigenvalue weighted by Crippen LogP contribution is -2.16. The van der Waals surface area contributed by atoms with E-state index in [0.717, 1.165) is 28.9 Å². The van der Waals surface area contributed by atoms with Gasteiger partial charge in [-0.2, -0.15) is 0 Å². The molecule has 0 atom stereocenters. The maximum Gasteiger partial charge on any atom is 0.342 e. The number of benzene rings is 2. The molecule has 1 heterocycles. The normalized spacial score (nSPS) is 10.2. The van der Waals surface area contributed by atoms with Crippen molar-refractivity contribution in [2.24, 2.45) is 0 Å². The van der Waals surface area contributed by atoms with E-state index in [1.54, 1.807) is 0 Å². The molecule has 0 aliphatic carbocycles. The molecule has 0 aliphatic heterocycles. The zero-order valence-corrected chi connectivity index (χ0v) is 13.1. The van der Waals surface area contributed by atoms with Gasteiger partial charge in [0.15, 0.2) is 0 Å². The number of anilines is 1. The smallest absolute Gasteiger partial charge is 0.342 e. The Labute approximate surface area is 141 Å². The van der Waals surface area contributed by atoms with Crippen molar-refractivity contribution >= 4 is 22.7 Å². The van der Waals surface area contributed by atoms with Crippen LogP contribution in [0.1, 0.15) is 15.9 Å². The van der Waals surface area contributed by atoms with Crippen LogP contribution in [0.5, 0.6) is 0 Å². The number of rotatable bonds is 4. The van der Waals surface area contributed by atoms with Crippen LogP contribution in [0.25, 0.3) is 10.8 Å². The van der Waals surface area contributed by atoms with Crippen LogP contribution in [0.3, 0.4) is 0 Å². The number of carbonyl (C=O) groups is 1. The van der Waals surface area contributed by atoms with Crippen LogP contribution in [0.2, 0.25) is 0 Å². The number of nitrogens with one attached hydrogen (secondary N) is 3. The Morgan fingerprint density at radius 2 is 1.92 bits per heavy atom. The molecule has 0 bridgehead atoms. The topological polar surface area (TPSA) is 124 Å². The molecule has 3 aromatic rings. The van der Waals surface area contributed by atoms with E-state index in [9.17, 15) is 9.59 Å². The molecule has 0 spiro atoms. The first-order valence-electron chi connectivity index (χ1n) is 7.45. The molecule has 126 valence electrons. The Kier molecular flexibility index (Phi) is 4.70. The van der Waals surface area contributed by atoms with Gasteiger partial charge in [-0.3, -0.25) is 15.0 Å². The van der Waals surface area contributed by atoms with Gasteiger partial charge in [0.1, 0.15) is 11.9 Å². The van der Waals surface area contributed by atoms with Crippen LogP contribution < -0.4 is 10.9 Å². The molecule has 8 heteroatoms. The van der Waals surface area contributed by atoms with Crippen molar-refractivity contribution in [3.63, 3.8) is 0 Å².